The summed E-state index contributed by atoms with van der Waals surface area (Å²) in [5.74, 6) is 0.956. The molecule has 0 aromatic carbocycles. The summed E-state index contributed by atoms with van der Waals surface area (Å²) in [5.41, 5.74) is 0. The smallest absolute Gasteiger partial charge is 0.309 e. The summed E-state index contributed by atoms with van der Waals surface area (Å²) >= 11 is 0. The molecule has 0 aliphatic carbocycles. The van der Waals surface area contributed by atoms with Crippen LogP contribution in [0.25, 0.3) is 0 Å². The molecule has 0 N–H and O–H groups in total. The van der Waals surface area contributed by atoms with E-state index in [-0.39, 0.29) is 11.9 Å². The number of rotatable bonds is 6. The molecule has 3 heteroatoms. The summed E-state index contributed by atoms with van der Waals surface area (Å²) in [6.45, 7) is 10.2. The molecule has 0 spiro atoms. The van der Waals surface area contributed by atoms with Gasteiger partial charge in [-0.15, -0.1) is 0 Å². The molecule has 1 fully saturated rings. The summed E-state index contributed by atoms with van der Waals surface area (Å²) in [6.07, 6.45) is 4.53. The van der Waals surface area contributed by atoms with Gasteiger partial charge < -0.3 is 9.64 Å². The monoisotopic (exact) mass is 241 g/mol. The maximum Gasteiger partial charge on any atom is 0.309 e. The molecule has 0 atom stereocenters. The minimum absolute atomic E-state index is 0.00864. The van der Waals surface area contributed by atoms with E-state index in [0.717, 1.165) is 31.8 Å². The van der Waals surface area contributed by atoms with Crippen LogP contribution in [0.15, 0.2) is 0 Å². The van der Waals surface area contributed by atoms with Crippen LogP contribution in [0.3, 0.4) is 0 Å². The molecule has 0 aromatic heterocycles. The molecule has 17 heavy (non-hydrogen) atoms. The molecule has 0 amide bonds. The predicted octanol–water partition coefficient (Wildman–Crippen LogP) is 2.70. The minimum atomic E-state index is 0.00864. The van der Waals surface area contributed by atoms with Crippen molar-refractivity contribution < 1.29 is 9.53 Å². The third kappa shape index (κ3) is 5.53. The first-order valence-electron chi connectivity index (χ1n) is 7.02. The Balaban J connectivity index is 2.15. The first-order chi connectivity index (χ1) is 8.13. The van der Waals surface area contributed by atoms with Gasteiger partial charge in [0.1, 0.15) is 0 Å². The van der Waals surface area contributed by atoms with Crippen molar-refractivity contribution in [1.82, 2.24) is 4.90 Å². The van der Waals surface area contributed by atoms with Crippen LogP contribution < -0.4 is 0 Å². The standard InChI is InChI=1S/C14H27NO2/c1-4-17-14(16)13-7-10-15(11-8-13)9-5-6-12(2)3/h12-13H,4-11H2,1-3H3. The average molecular weight is 241 g/mol. The SMILES string of the molecule is CCOC(=O)C1CCN(CCCC(C)C)CC1. The van der Waals surface area contributed by atoms with Gasteiger partial charge in [-0.25, -0.2) is 0 Å². The molecule has 0 bridgehead atoms. The summed E-state index contributed by atoms with van der Waals surface area (Å²) in [4.78, 5) is 14.1. The van der Waals surface area contributed by atoms with Crippen LogP contribution in [0.5, 0.6) is 0 Å². The third-order valence-corrected chi connectivity index (χ3v) is 3.46. The minimum Gasteiger partial charge on any atom is -0.466 e. The number of hydrogen-bond donors (Lipinski definition) is 0. The van der Waals surface area contributed by atoms with Gasteiger partial charge in [0.2, 0.25) is 0 Å². The second-order valence-corrected chi connectivity index (χ2v) is 5.40. The lowest BCUT2D eigenvalue weighted by Crippen LogP contribution is -2.37. The maximum atomic E-state index is 11.6. The fraction of sp³-hybridized carbons (Fsp3) is 0.929. The molecule has 1 rings (SSSR count). The second kappa shape index (κ2) is 7.70. The van der Waals surface area contributed by atoms with Crippen molar-refractivity contribution in [3.8, 4) is 0 Å². The molecule has 0 radical (unpaired) electrons. The van der Waals surface area contributed by atoms with E-state index in [1.807, 2.05) is 6.92 Å². The molecular weight excluding hydrogens is 214 g/mol. The lowest BCUT2D eigenvalue weighted by Gasteiger charge is -2.30. The lowest BCUT2D eigenvalue weighted by atomic mass is 9.96. The van der Waals surface area contributed by atoms with Gasteiger partial charge in [-0.1, -0.05) is 13.8 Å². The Morgan fingerprint density at radius 1 is 1.35 bits per heavy atom. The van der Waals surface area contributed by atoms with E-state index in [4.69, 9.17) is 4.74 Å². The highest BCUT2D eigenvalue weighted by Gasteiger charge is 2.25. The molecule has 100 valence electrons. The van der Waals surface area contributed by atoms with Gasteiger partial charge in [0.05, 0.1) is 12.5 Å². The Morgan fingerprint density at radius 2 is 2.00 bits per heavy atom. The molecule has 1 saturated heterocycles. The molecule has 0 aromatic rings. The molecular formula is C14H27NO2. The molecule has 0 unspecified atom stereocenters. The predicted molar refractivity (Wildman–Crippen MR) is 69.9 cm³/mol. The summed E-state index contributed by atoms with van der Waals surface area (Å²) in [6, 6.07) is 0. The first kappa shape index (κ1) is 14.5. The van der Waals surface area contributed by atoms with Gasteiger partial charge in [0, 0.05) is 0 Å². The number of hydrogen-bond acceptors (Lipinski definition) is 3. The van der Waals surface area contributed by atoms with Crippen molar-refractivity contribution in [3.63, 3.8) is 0 Å². The van der Waals surface area contributed by atoms with Crippen molar-refractivity contribution in [2.75, 3.05) is 26.2 Å². The molecule has 0 saturated carbocycles. The number of likely N-dealkylation sites (tertiary alicyclic amines) is 1. The van der Waals surface area contributed by atoms with E-state index >= 15 is 0 Å². The van der Waals surface area contributed by atoms with Gasteiger partial charge in [0.15, 0.2) is 0 Å². The van der Waals surface area contributed by atoms with Crippen LogP contribution in [-0.2, 0) is 9.53 Å². The van der Waals surface area contributed by atoms with Crippen molar-refractivity contribution in [3.05, 3.63) is 0 Å². The van der Waals surface area contributed by atoms with Gasteiger partial charge in [-0.05, 0) is 58.2 Å². The van der Waals surface area contributed by atoms with E-state index in [9.17, 15) is 4.79 Å². The number of piperidine rings is 1. The average Bonchev–Trinajstić information content (AvgIpc) is 2.30. The van der Waals surface area contributed by atoms with Gasteiger partial charge in [-0.3, -0.25) is 4.79 Å². The lowest BCUT2D eigenvalue weighted by molar-refractivity contribution is -0.149. The largest absolute Gasteiger partial charge is 0.466 e. The van der Waals surface area contributed by atoms with Crippen LogP contribution in [0.1, 0.15) is 46.5 Å². The normalized spacial score (nSPS) is 18.6. The van der Waals surface area contributed by atoms with Crippen LogP contribution >= 0.6 is 0 Å². The Labute approximate surface area is 106 Å². The van der Waals surface area contributed by atoms with Crippen LogP contribution in [0.2, 0.25) is 0 Å². The quantitative estimate of drug-likeness (QED) is 0.670. The number of ether oxygens (including phenoxy) is 1. The topological polar surface area (TPSA) is 29.5 Å². The van der Waals surface area contributed by atoms with Crippen molar-refractivity contribution in [1.29, 1.82) is 0 Å². The van der Waals surface area contributed by atoms with Crippen molar-refractivity contribution in [2.24, 2.45) is 11.8 Å². The van der Waals surface area contributed by atoms with E-state index in [2.05, 4.69) is 18.7 Å². The van der Waals surface area contributed by atoms with Crippen molar-refractivity contribution >= 4 is 5.97 Å². The summed E-state index contributed by atoms with van der Waals surface area (Å²) in [5, 5.41) is 0. The zero-order valence-corrected chi connectivity index (χ0v) is 11.6. The van der Waals surface area contributed by atoms with Gasteiger partial charge in [-0.2, -0.15) is 0 Å². The summed E-state index contributed by atoms with van der Waals surface area (Å²) in [7, 11) is 0. The molecule has 1 aliphatic rings. The Morgan fingerprint density at radius 3 is 2.53 bits per heavy atom. The van der Waals surface area contributed by atoms with Gasteiger partial charge in [0.25, 0.3) is 0 Å². The number of nitrogens with zero attached hydrogens (tertiary/aromatic N) is 1. The number of carbonyl (C=O) groups is 1. The Bertz CT molecular complexity index is 220. The number of carbonyl (C=O) groups excluding carboxylic acids is 1. The van der Waals surface area contributed by atoms with Gasteiger partial charge >= 0.3 is 5.97 Å². The van der Waals surface area contributed by atoms with E-state index in [0.29, 0.717) is 6.61 Å². The maximum absolute atomic E-state index is 11.6. The first-order valence-corrected chi connectivity index (χ1v) is 7.02. The fourth-order valence-corrected chi connectivity index (χ4v) is 2.38. The second-order valence-electron chi connectivity index (χ2n) is 5.40. The molecule has 3 nitrogen and oxygen atoms in total. The highest BCUT2D eigenvalue weighted by atomic mass is 16.5. The van der Waals surface area contributed by atoms with Crippen LogP contribution in [0.4, 0.5) is 0 Å². The van der Waals surface area contributed by atoms with Crippen molar-refractivity contribution in [2.45, 2.75) is 46.5 Å². The Hall–Kier alpha value is -0.570. The highest BCUT2D eigenvalue weighted by Crippen LogP contribution is 2.19. The van der Waals surface area contributed by atoms with E-state index < -0.39 is 0 Å². The third-order valence-electron chi connectivity index (χ3n) is 3.46. The van der Waals surface area contributed by atoms with Crippen LogP contribution in [-0.4, -0.2) is 37.1 Å². The van der Waals surface area contributed by atoms with E-state index in [1.54, 1.807) is 0 Å². The Kier molecular flexibility index (Phi) is 6.56. The fourth-order valence-electron chi connectivity index (χ4n) is 2.38. The molecule has 1 aliphatic heterocycles. The number of esters is 1. The zero-order valence-electron chi connectivity index (χ0n) is 11.6. The summed E-state index contributed by atoms with van der Waals surface area (Å²) < 4.78 is 5.07. The van der Waals surface area contributed by atoms with E-state index in [1.165, 1.54) is 19.4 Å². The van der Waals surface area contributed by atoms with Crippen LogP contribution in [0, 0.1) is 11.8 Å². The highest BCUT2D eigenvalue weighted by molar-refractivity contribution is 5.72. The molecule has 1 heterocycles. The zero-order chi connectivity index (χ0) is 12.7.